The number of rotatable bonds is 15. The van der Waals surface area contributed by atoms with Crippen LogP contribution in [0.25, 0.3) is 0 Å². The molecule has 2 aromatic heterocycles. The summed E-state index contributed by atoms with van der Waals surface area (Å²) < 4.78 is 28.8. The quantitative estimate of drug-likeness (QED) is 0.114. The maximum atomic E-state index is 14.0. The Bertz CT molecular complexity index is 1790. The third-order valence-corrected chi connectivity index (χ3v) is 11.3. The lowest BCUT2D eigenvalue weighted by atomic mass is 9.98. The Morgan fingerprint density at radius 2 is 1.67 bits per heavy atom. The lowest BCUT2D eigenvalue weighted by molar-refractivity contribution is -0.159. The van der Waals surface area contributed by atoms with E-state index >= 15 is 0 Å². The third kappa shape index (κ3) is 9.25. The summed E-state index contributed by atoms with van der Waals surface area (Å²) in [6.45, 7) is 3.81. The van der Waals surface area contributed by atoms with Crippen LogP contribution in [0, 0.1) is 5.92 Å². The van der Waals surface area contributed by atoms with Crippen molar-refractivity contribution in [1.82, 2.24) is 14.8 Å². The van der Waals surface area contributed by atoms with Crippen LogP contribution in [0.4, 0.5) is 0 Å². The number of thiophene rings is 1. The number of halogens is 2. The summed E-state index contributed by atoms with van der Waals surface area (Å²) in [6.07, 6.45) is 4.46. The molecule has 10 nitrogen and oxygen atoms in total. The van der Waals surface area contributed by atoms with Crippen LogP contribution in [0.15, 0.2) is 73.1 Å². The van der Waals surface area contributed by atoms with Gasteiger partial charge >= 0.3 is 11.9 Å². The van der Waals surface area contributed by atoms with Crippen LogP contribution in [0.1, 0.15) is 56.2 Å². The van der Waals surface area contributed by atoms with E-state index in [1.807, 2.05) is 42.5 Å². The first-order valence-corrected chi connectivity index (χ1v) is 18.8. The highest BCUT2D eigenvalue weighted by molar-refractivity contribution is 7.13. The number of esters is 2. The van der Waals surface area contributed by atoms with E-state index in [0.29, 0.717) is 69.8 Å². The molecule has 2 fully saturated rings. The smallest absolute Gasteiger partial charge is 0.348 e. The zero-order valence-electron chi connectivity index (χ0n) is 29.5. The van der Waals surface area contributed by atoms with Crippen LogP contribution in [-0.4, -0.2) is 86.9 Å². The molecule has 4 heterocycles. The minimum Gasteiger partial charge on any atom is -0.493 e. The van der Waals surface area contributed by atoms with Gasteiger partial charge in [0.1, 0.15) is 17.0 Å². The summed E-state index contributed by atoms with van der Waals surface area (Å²) in [5.41, 5.74) is 2.13. The molecule has 0 amide bonds. The molecule has 2 aromatic carbocycles. The van der Waals surface area contributed by atoms with Crippen molar-refractivity contribution in [2.75, 3.05) is 54.2 Å². The fraction of sp³-hybridized carbons (Fsp3) is 0.410. The van der Waals surface area contributed by atoms with E-state index in [1.54, 1.807) is 32.4 Å². The molecule has 6 rings (SSSR count). The molecular formula is C39H43Cl2N3O7S. The van der Waals surface area contributed by atoms with Gasteiger partial charge in [-0.2, -0.15) is 0 Å². The lowest BCUT2D eigenvalue weighted by Gasteiger charge is -2.41. The summed E-state index contributed by atoms with van der Waals surface area (Å²) in [4.78, 5) is 37.6. The summed E-state index contributed by atoms with van der Waals surface area (Å²) in [6, 6.07) is 18.1. The molecule has 13 heteroatoms. The van der Waals surface area contributed by atoms with Crippen LogP contribution < -0.4 is 9.47 Å². The lowest BCUT2D eigenvalue weighted by Crippen LogP contribution is -2.52. The molecule has 0 saturated carbocycles. The fourth-order valence-electron chi connectivity index (χ4n) is 6.49. The van der Waals surface area contributed by atoms with Gasteiger partial charge in [0.2, 0.25) is 0 Å². The van der Waals surface area contributed by atoms with Gasteiger partial charge in [-0.1, -0.05) is 59.6 Å². The second-order valence-corrected chi connectivity index (χ2v) is 15.1. The van der Waals surface area contributed by atoms with E-state index in [0.717, 1.165) is 36.4 Å². The van der Waals surface area contributed by atoms with Gasteiger partial charge in [-0.3, -0.25) is 9.88 Å². The first-order chi connectivity index (χ1) is 25.2. The number of benzene rings is 2. The Balaban J connectivity index is 1.22. The van der Waals surface area contributed by atoms with E-state index < -0.39 is 18.1 Å². The number of hydrogen-bond donors (Lipinski definition) is 0. The van der Waals surface area contributed by atoms with E-state index in [2.05, 4.69) is 21.8 Å². The average Bonchev–Trinajstić information content (AvgIpc) is 3.60. The maximum absolute atomic E-state index is 14.0. The topological polar surface area (TPSA) is 99.7 Å². The van der Waals surface area contributed by atoms with Crippen LogP contribution in [0.5, 0.6) is 11.5 Å². The van der Waals surface area contributed by atoms with Gasteiger partial charge in [-0.15, -0.1) is 11.3 Å². The largest absolute Gasteiger partial charge is 0.493 e. The zero-order chi connectivity index (χ0) is 36.6. The van der Waals surface area contributed by atoms with Crippen molar-refractivity contribution in [1.29, 1.82) is 0 Å². The molecule has 2 saturated heterocycles. The van der Waals surface area contributed by atoms with Crippen molar-refractivity contribution in [3.8, 4) is 11.5 Å². The van der Waals surface area contributed by atoms with Crippen molar-refractivity contribution in [2.24, 2.45) is 5.92 Å². The Kier molecular flexibility index (Phi) is 13.1. The summed E-state index contributed by atoms with van der Waals surface area (Å²) in [7, 11) is 5.22. The number of aromatic nitrogens is 1. The number of hydrogen-bond acceptors (Lipinski definition) is 11. The SMILES string of the molecule is COc1ccc([C@H](Cc2c(Cl)cncc2Cl)OC(=O)c2ccc(CN(C3COC3)C(C(=O)OCC3CCN(C)CC3)c3ccccc3)s2)cc1OC. The molecule has 1 unspecified atom stereocenters. The standard InChI is InChI=1S/C39H43Cl2N3O7S/c1-43-15-13-25(14-16-43)22-50-39(46)37(26-7-5-4-6-8-26)44(28-23-49-24-28)21-29-10-12-36(52-29)38(45)51-34(18-30-31(40)19-42-20-32(30)41)27-9-11-33(47-2)35(17-27)48-3/h4-12,17,19-20,25,28,34,37H,13-16,18,21-24H2,1-3H3/t34-,37?/m0/s1. The predicted molar refractivity (Wildman–Crippen MR) is 200 cm³/mol. The zero-order valence-corrected chi connectivity index (χ0v) is 31.8. The number of carbonyl (C=O) groups excluding carboxylic acids is 2. The number of piperidine rings is 1. The Morgan fingerprint density at radius 1 is 0.962 bits per heavy atom. The summed E-state index contributed by atoms with van der Waals surface area (Å²) in [5, 5.41) is 0.732. The molecule has 0 bridgehead atoms. The normalized spacial score (nSPS) is 16.6. The molecule has 0 aliphatic carbocycles. The van der Waals surface area contributed by atoms with Crippen LogP contribution in [0.3, 0.4) is 0 Å². The molecule has 2 atom stereocenters. The number of carbonyl (C=O) groups is 2. The van der Waals surface area contributed by atoms with Gasteiger partial charge < -0.3 is 28.6 Å². The van der Waals surface area contributed by atoms with Crippen molar-refractivity contribution < 1.29 is 33.3 Å². The first-order valence-electron chi connectivity index (χ1n) is 17.3. The highest BCUT2D eigenvalue weighted by Gasteiger charge is 2.38. The van der Waals surface area contributed by atoms with Gasteiger partial charge in [0.05, 0.1) is 50.1 Å². The molecule has 4 aromatic rings. The molecule has 0 spiro atoms. The van der Waals surface area contributed by atoms with E-state index in [9.17, 15) is 9.59 Å². The molecule has 52 heavy (non-hydrogen) atoms. The Hall–Kier alpha value is -3.71. The molecule has 0 radical (unpaired) electrons. The minimum absolute atomic E-state index is 0.00267. The fourth-order valence-corrected chi connectivity index (χ4v) is 7.91. The van der Waals surface area contributed by atoms with E-state index in [1.165, 1.54) is 23.7 Å². The van der Waals surface area contributed by atoms with Gasteiger partial charge in [-0.05, 0) is 79.9 Å². The molecule has 276 valence electrons. The summed E-state index contributed by atoms with van der Waals surface area (Å²) in [5.74, 6) is 0.591. The third-order valence-electron chi connectivity index (χ3n) is 9.63. The second-order valence-electron chi connectivity index (χ2n) is 13.1. The monoisotopic (exact) mass is 767 g/mol. The van der Waals surface area contributed by atoms with Gasteiger partial charge in [-0.25, -0.2) is 9.59 Å². The molecule has 0 N–H and O–H groups in total. The van der Waals surface area contributed by atoms with Crippen molar-refractivity contribution in [3.63, 3.8) is 0 Å². The highest BCUT2D eigenvalue weighted by atomic mass is 35.5. The number of pyridine rings is 1. The summed E-state index contributed by atoms with van der Waals surface area (Å²) >= 11 is 14.3. The van der Waals surface area contributed by atoms with Crippen molar-refractivity contribution in [2.45, 2.75) is 44.0 Å². The van der Waals surface area contributed by atoms with Gasteiger partial charge in [0, 0.05) is 30.2 Å². The number of likely N-dealkylation sites (tertiary alicyclic amines) is 1. The number of methoxy groups -OCH3 is 2. The predicted octanol–water partition coefficient (Wildman–Crippen LogP) is 7.44. The number of nitrogens with zero attached hydrogens (tertiary/aromatic N) is 3. The average molecular weight is 769 g/mol. The van der Waals surface area contributed by atoms with E-state index in [-0.39, 0.29) is 18.4 Å². The van der Waals surface area contributed by atoms with Gasteiger partial charge in [0.15, 0.2) is 11.5 Å². The van der Waals surface area contributed by atoms with Crippen LogP contribution >= 0.6 is 34.5 Å². The van der Waals surface area contributed by atoms with E-state index in [4.69, 9.17) is 46.9 Å². The Labute approximate surface area is 318 Å². The molecular weight excluding hydrogens is 725 g/mol. The number of ether oxygens (including phenoxy) is 5. The van der Waals surface area contributed by atoms with Crippen molar-refractivity contribution >= 4 is 46.5 Å². The molecule has 2 aliphatic heterocycles. The second kappa shape index (κ2) is 17.9. The van der Waals surface area contributed by atoms with Crippen molar-refractivity contribution in [3.05, 3.63) is 110 Å². The first kappa shape index (κ1) is 38.0. The van der Waals surface area contributed by atoms with Crippen LogP contribution in [0.2, 0.25) is 10.0 Å². The molecule has 2 aliphatic rings. The van der Waals surface area contributed by atoms with Gasteiger partial charge in [0.25, 0.3) is 0 Å². The van der Waals surface area contributed by atoms with Crippen LogP contribution in [-0.2, 0) is 32.0 Å². The maximum Gasteiger partial charge on any atom is 0.348 e. The highest BCUT2D eigenvalue weighted by Crippen LogP contribution is 2.37. The Morgan fingerprint density at radius 3 is 2.33 bits per heavy atom. The minimum atomic E-state index is -0.763.